The molecule has 0 spiro atoms. The summed E-state index contributed by atoms with van der Waals surface area (Å²) in [7, 11) is 2.17. The molecule has 1 aliphatic heterocycles. The average Bonchev–Trinajstić information content (AvgIpc) is 2.65. The molecule has 1 saturated heterocycles. The van der Waals surface area contributed by atoms with Gasteiger partial charge in [0, 0.05) is 30.6 Å². The fourth-order valence-electron chi connectivity index (χ4n) is 3.34. The summed E-state index contributed by atoms with van der Waals surface area (Å²) in [5, 5.41) is 4.53. The van der Waals surface area contributed by atoms with Gasteiger partial charge in [-0.25, -0.2) is 4.98 Å². The van der Waals surface area contributed by atoms with Gasteiger partial charge in [-0.1, -0.05) is 12.6 Å². The van der Waals surface area contributed by atoms with Crippen LogP contribution in [0.3, 0.4) is 0 Å². The molecule has 1 amide bonds. The van der Waals surface area contributed by atoms with Gasteiger partial charge in [-0.3, -0.25) is 4.79 Å². The van der Waals surface area contributed by atoms with Gasteiger partial charge in [0.2, 0.25) is 5.91 Å². The molecule has 3 rings (SSSR count). The lowest BCUT2D eigenvalue weighted by Gasteiger charge is -2.33. The Morgan fingerprint density at radius 3 is 2.76 bits per heavy atom. The predicted molar refractivity (Wildman–Crippen MR) is 104 cm³/mol. The van der Waals surface area contributed by atoms with E-state index in [4.69, 9.17) is 5.73 Å². The largest absolute Gasteiger partial charge is 0.371 e. The Morgan fingerprint density at radius 1 is 1.28 bits per heavy atom. The number of fused-ring (bicyclic) bond motifs is 1. The van der Waals surface area contributed by atoms with Gasteiger partial charge in [-0.15, -0.1) is 0 Å². The smallest absolute Gasteiger partial charge is 0.217 e. The standard InChI is InChI=1S/C20H26N4O/c1-14(3-8-20(21)25)18-6-4-15-13-17(5-7-19(15)23-18)24(2)16-9-11-22-12-10-16/h4-7,13,16,22H,1,3,8-12H2,2H3,(H2,21,25). The van der Waals surface area contributed by atoms with Crippen LogP contribution < -0.4 is 16.0 Å². The Morgan fingerprint density at radius 2 is 2.04 bits per heavy atom. The molecule has 3 N–H and O–H groups in total. The molecule has 0 aliphatic carbocycles. The maximum absolute atomic E-state index is 10.9. The number of rotatable bonds is 6. The summed E-state index contributed by atoms with van der Waals surface area (Å²) < 4.78 is 0. The van der Waals surface area contributed by atoms with E-state index >= 15 is 0 Å². The van der Waals surface area contributed by atoms with Gasteiger partial charge in [0.05, 0.1) is 11.2 Å². The van der Waals surface area contributed by atoms with Crippen molar-refractivity contribution < 1.29 is 4.79 Å². The summed E-state index contributed by atoms with van der Waals surface area (Å²) in [6, 6.07) is 11.0. The zero-order valence-electron chi connectivity index (χ0n) is 14.8. The Bertz CT molecular complexity index is 780. The molecule has 0 bridgehead atoms. The van der Waals surface area contributed by atoms with Crippen molar-refractivity contribution in [1.82, 2.24) is 10.3 Å². The Hall–Kier alpha value is -2.40. The topological polar surface area (TPSA) is 71.2 Å². The number of pyridine rings is 1. The van der Waals surface area contributed by atoms with Crippen LogP contribution in [-0.4, -0.2) is 37.1 Å². The van der Waals surface area contributed by atoms with Crippen molar-refractivity contribution in [3.05, 3.63) is 42.6 Å². The second-order valence-electron chi connectivity index (χ2n) is 6.74. The zero-order chi connectivity index (χ0) is 17.8. The van der Waals surface area contributed by atoms with Crippen LogP contribution in [0, 0.1) is 0 Å². The average molecular weight is 338 g/mol. The maximum atomic E-state index is 10.9. The molecule has 5 nitrogen and oxygen atoms in total. The Kier molecular flexibility index (Phi) is 5.34. The fraction of sp³-hybridized carbons (Fsp3) is 0.400. The van der Waals surface area contributed by atoms with Crippen LogP contribution in [0.15, 0.2) is 36.9 Å². The summed E-state index contributed by atoms with van der Waals surface area (Å²) >= 11 is 0. The highest BCUT2D eigenvalue weighted by Gasteiger charge is 2.18. The number of hydrogen-bond acceptors (Lipinski definition) is 4. The molecular formula is C20H26N4O. The molecular weight excluding hydrogens is 312 g/mol. The fourth-order valence-corrected chi connectivity index (χ4v) is 3.34. The van der Waals surface area contributed by atoms with E-state index in [1.807, 2.05) is 6.07 Å². The van der Waals surface area contributed by atoms with Gasteiger partial charge in [0.25, 0.3) is 0 Å². The highest BCUT2D eigenvalue weighted by atomic mass is 16.1. The number of amides is 1. The molecule has 5 heteroatoms. The first kappa shape index (κ1) is 17.4. The summed E-state index contributed by atoms with van der Waals surface area (Å²) in [5.41, 5.74) is 9.05. The number of allylic oxidation sites excluding steroid dienone is 1. The van der Waals surface area contributed by atoms with Gasteiger partial charge < -0.3 is 16.0 Å². The lowest BCUT2D eigenvalue weighted by atomic mass is 10.0. The monoisotopic (exact) mass is 338 g/mol. The number of primary amides is 1. The van der Waals surface area contributed by atoms with Crippen LogP contribution in [-0.2, 0) is 4.79 Å². The highest BCUT2D eigenvalue weighted by Crippen LogP contribution is 2.26. The third-order valence-electron chi connectivity index (χ3n) is 4.97. The Balaban J connectivity index is 1.78. The van der Waals surface area contributed by atoms with Gasteiger partial charge >= 0.3 is 0 Å². The number of piperidine rings is 1. The summed E-state index contributed by atoms with van der Waals surface area (Å²) in [6.45, 7) is 6.19. The molecule has 1 fully saturated rings. The SMILES string of the molecule is C=C(CCC(N)=O)c1ccc2cc(N(C)C3CCNCC3)ccc2n1. The number of carbonyl (C=O) groups is 1. The quantitative estimate of drug-likeness (QED) is 0.849. The van der Waals surface area contributed by atoms with Crippen LogP contribution >= 0.6 is 0 Å². The van der Waals surface area contributed by atoms with Crippen molar-refractivity contribution in [2.45, 2.75) is 31.7 Å². The molecule has 1 aliphatic rings. The predicted octanol–water partition coefficient (Wildman–Crippen LogP) is 2.70. The van der Waals surface area contributed by atoms with E-state index in [0.717, 1.165) is 35.3 Å². The van der Waals surface area contributed by atoms with Crippen molar-refractivity contribution in [2.24, 2.45) is 5.73 Å². The second kappa shape index (κ2) is 7.66. The van der Waals surface area contributed by atoms with Gasteiger partial charge in [0.15, 0.2) is 0 Å². The maximum Gasteiger partial charge on any atom is 0.217 e. The van der Waals surface area contributed by atoms with Crippen LogP contribution in [0.2, 0.25) is 0 Å². The number of carbonyl (C=O) groups excluding carboxylic acids is 1. The van der Waals surface area contributed by atoms with Crippen LogP contribution in [0.1, 0.15) is 31.4 Å². The molecule has 1 aromatic heterocycles. The lowest BCUT2D eigenvalue weighted by molar-refractivity contribution is -0.117. The molecule has 2 aromatic rings. The van der Waals surface area contributed by atoms with Crippen LogP contribution in [0.5, 0.6) is 0 Å². The molecule has 0 radical (unpaired) electrons. The minimum Gasteiger partial charge on any atom is -0.371 e. The Labute approximate surface area is 148 Å². The summed E-state index contributed by atoms with van der Waals surface area (Å²) in [5.74, 6) is -0.312. The molecule has 132 valence electrons. The van der Waals surface area contributed by atoms with E-state index in [9.17, 15) is 4.79 Å². The van der Waals surface area contributed by atoms with Crippen molar-refractivity contribution in [1.29, 1.82) is 0 Å². The van der Waals surface area contributed by atoms with Gasteiger partial charge in [-0.05, 0) is 62.2 Å². The minimum absolute atomic E-state index is 0.304. The lowest BCUT2D eigenvalue weighted by Crippen LogP contribution is -2.41. The van der Waals surface area contributed by atoms with Crippen LogP contribution in [0.4, 0.5) is 5.69 Å². The molecule has 0 saturated carbocycles. The second-order valence-corrected chi connectivity index (χ2v) is 6.74. The van der Waals surface area contributed by atoms with Gasteiger partial charge in [-0.2, -0.15) is 0 Å². The van der Waals surface area contributed by atoms with E-state index in [1.54, 1.807) is 0 Å². The summed E-state index contributed by atoms with van der Waals surface area (Å²) in [6.07, 6.45) is 3.19. The third kappa shape index (κ3) is 4.17. The van der Waals surface area contributed by atoms with E-state index in [-0.39, 0.29) is 5.91 Å². The third-order valence-corrected chi connectivity index (χ3v) is 4.97. The normalized spacial score (nSPS) is 15.2. The first-order chi connectivity index (χ1) is 12.0. The van der Waals surface area contributed by atoms with E-state index < -0.39 is 0 Å². The molecule has 2 heterocycles. The first-order valence-corrected chi connectivity index (χ1v) is 8.85. The molecule has 0 atom stereocenters. The molecule has 1 aromatic carbocycles. The number of benzene rings is 1. The van der Waals surface area contributed by atoms with Crippen molar-refractivity contribution in [2.75, 3.05) is 25.0 Å². The van der Waals surface area contributed by atoms with Crippen molar-refractivity contribution >= 4 is 28.1 Å². The number of nitrogens with one attached hydrogen (secondary N) is 1. The van der Waals surface area contributed by atoms with Gasteiger partial charge in [0.1, 0.15) is 0 Å². The van der Waals surface area contributed by atoms with Crippen LogP contribution in [0.25, 0.3) is 16.5 Å². The highest BCUT2D eigenvalue weighted by molar-refractivity contribution is 5.84. The minimum atomic E-state index is -0.312. The van der Waals surface area contributed by atoms with Crippen molar-refractivity contribution in [3.8, 4) is 0 Å². The van der Waals surface area contributed by atoms with E-state index in [2.05, 4.69) is 53.1 Å². The molecule has 0 unspecified atom stereocenters. The van der Waals surface area contributed by atoms with Crippen molar-refractivity contribution in [3.63, 3.8) is 0 Å². The zero-order valence-corrected chi connectivity index (χ0v) is 14.8. The molecule has 25 heavy (non-hydrogen) atoms. The first-order valence-electron chi connectivity index (χ1n) is 8.85. The number of nitrogens with two attached hydrogens (primary N) is 1. The number of nitrogens with zero attached hydrogens (tertiary/aromatic N) is 2. The van der Waals surface area contributed by atoms with E-state index in [1.165, 1.54) is 18.5 Å². The summed E-state index contributed by atoms with van der Waals surface area (Å²) in [4.78, 5) is 18.0. The van der Waals surface area contributed by atoms with E-state index in [0.29, 0.717) is 18.9 Å². The number of anilines is 1. The number of hydrogen-bond donors (Lipinski definition) is 2. The number of aromatic nitrogens is 1.